The highest BCUT2D eigenvalue weighted by Gasteiger charge is 2.46. The topological polar surface area (TPSA) is 97.8 Å². The molecule has 4 aliphatic heterocycles. The maximum Gasteiger partial charge on any atom is 0.331 e. The lowest BCUT2D eigenvalue weighted by Gasteiger charge is -2.28. The van der Waals surface area contributed by atoms with Crippen LogP contribution in [-0.2, 0) is 23.7 Å². The van der Waals surface area contributed by atoms with E-state index in [9.17, 15) is 15.0 Å². The number of cyclic esters (lactones) is 1. The standard InChI is InChI=1S/C30H42O7/c1-19-12-13-34-23(15-19)10-11-27-25(31)18-28-30(37-28)26(32)17-21(3)14-20(2)16-24-8-4-6-22(35-24)7-5-9-29(33)36-27/h4-6,9-12,20,22-28,30-32H,3,7-8,13-18H2,1-2H3/b9-5-,11-10+/t20-,22-,23?,24?,25?,26?,27?,28?,30-/m0/s1. The van der Waals surface area contributed by atoms with Crippen LogP contribution in [0.4, 0.5) is 0 Å². The Bertz CT molecular complexity index is 919. The summed E-state index contributed by atoms with van der Waals surface area (Å²) >= 11 is 0. The Morgan fingerprint density at radius 1 is 1.03 bits per heavy atom. The molecule has 0 amide bonds. The van der Waals surface area contributed by atoms with E-state index >= 15 is 0 Å². The first-order chi connectivity index (χ1) is 17.8. The van der Waals surface area contributed by atoms with Crippen molar-refractivity contribution in [1.29, 1.82) is 0 Å². The normalized spacial score (nSPS) is 41.1. The maximum absolute atomic E-state index is 12.6. The van der Waals surface area contributed by atoms with Crippen molar-refractivity contribution in [2.24, 2.45) is 5.92 Å². The van der Waals surface area contributed by atoms with Crippen LogP contribution < -0.4 is 0 Å². The number of aliphatic hydroxyl groups is 2. The Morgan fingerprint density at radius 3 is 2.68 bits per heavy atom. The summed E-state index contributed by atoms with van der Waals surface area (Å²) in [5.41, 5.74) is 2.23. The minimum Gasteiger partial charge on any atom is -0.452 e. The molecule has 0 aromatic carbocycles. The lowest BCUT2D eigenvalue weighted by molar-refractivity contribution is -0.145. The van der Waals surface area contributed by atoms with Gasteiger partial charge in [0.25, 0.3) is 0 Å². The molecule has 6 unspecified atom stereocenters. The Hall–Kier alpha value is -2.03. The van der Waals surface area contributed by atoms with Gasteiger partial charge in [0.2, 0.25) is 0 Å². The van der Waals surface area contributed by atoms with Crippen LogP contribution in [0.3, 0.4) is 0 Å². The van der Waals surface area contributed by atoms with Gasteiger partial charge in [0.15, 0.2) is 0 Å². The molecule has 204 valence electrons. The molecule has 1 fully saturated rings. The predicted octanol–water partition coefficient (Wildman–Crippen LogP) is 4.11. The number of hydrogen-bond acceptors (Lipinski definition) is 7. The van der Waals surface area contributed by atoms with Gasteiger partial charge in [-0.15, -0.1) is 0 Å². The molecule has 7 nitrogen and oxygen atoms in total. The van der Waals surface area contributed by atoms with E-state index in [0.717, 1.165) is 31.3 Å². The summed E-state index contributed by atoms with van der Waals surface area (Å²) in [7, 11) is 0. The average molecular weight is 515 g/mol. The van der Waals surface area contributed by atoms with E-state index in [1.54, 1.807) is 12.2 Å². The average Bonchev–Trinajstić information content (AvgIpc) is 3.60. The molecule has 9 atom stereocenters. The molecular formula is C30H42O7. The molecule has 4 aliphatic rings. The lowest BCUT2D eigenvalue weighted by Crippen LogP contribution is -2.32. The first kappa shape index (κ1) is 28.0. The number of ether oxygens (including phenoxy) is 4. The first-order valence-corrected chi connectivity index (χ1v) is 13.6. The van der Waals surface area contributed by atoms with Crippen LogP contribution >= 0.6 is 0 Å². The van der Waals surface area contributed by atoms with Gasteiger partial charge in [-0.3, -0.25) is 0 Å². The van der Waals surface area contributed by atoms with Crippen molar-refractivity contribution in [2.45, 2.75) is 108 Å². The highest BCUT2D eigenvalue weighted by molar-refractivity contribution is 5.82. The minimum atomic E-state index is -0.980. The molecule has 0 saturated carbocycles. The van der Waals surface area contributed by atoms with Gasteiger partial charge in [0, 0.05) is 12.5 Å². The highest BCUT2D eigenvalue weighted by atomic mass is 16.6. The lowest BCUT2D eigenvalue weighted by atomic mass is 9.91. The number of carbonyl (C=O) groups excluding carboxylic acids is 1. The zero-order valence-electron chi connectivity index (χ0n) is 22.0. The van der Waals surface area contributed by atoms with Crippen LogP contribution in [0.2, 0.25) is 0 Å². The molecule has 0 aromatic rings. The third-order valence-corrected chi connectivity index (χ3v) is 7.43. The van der Waals surface area contributed by atoms with Gasteiger partial charge in [-0.05, 0) is 57.4 Å². The van der Waals surface area contributed by atoms with Crippen molar-refractivity contribution >= 4 is 5.97 Å². The van der Waals surface area contributed by atoms with Gasteiger partial charge in [-0.2, -0.15) is 0 Å². The van der Waals surface area contributed by atoms with E-state index in [2.05, 4.69) is 26.5 Å². The number of hydrogen-bond donors (Lipinski definition) is 2. The molecule has 4 rings (SSSR count). The molecule has 7 heteroatoms. The van der Waals surface area contributed by atoms with Gasteiger partial charge >= 0.3 is 5.97 Å². The van der Waals surface area contributed by atoms with Crippen molar-refractivity contribution < 1.29 is 34.0 Å². The highest BCUT2D eigenvalue weighted by Crippen LogP contribution is 2.34. The molecule has 2 N–H and O–H groups in total. The Morgan fingerprint density at radius 2 is 1.86 bits per heavy atom. The summed E-state index contributed by atoms with van der Waals surface area (Å²) in [5, 5.41) is 21.7. The third-order valence-electron chi connectivity index (χ3n) is 7.43. The SMILES string of the molecule is C=C1CC(O)[C@@H]2OC2CC(O)C(/C=C/C2CC(C)=CCO2)OC(=O)/C=C\C[C@@H]2C=CCC(C[C@@H](C)C1)O2. The fourth-order valence-corrected chi connectivity index (χ4v) is 5.44. The summed E-state index contributed by atoms with van der Waals surface area (Å²) in [6.07, 6.45) is 14.3. The van der Waals surface area contributed by atoms with Gasteiger partial charge < -0.3 is 29.2 Å². The van der Waals surface area contributed by atoms with Crippen molar-refractivity contribution in [1.82, 2.24) is 0 Å². The van der Waals surface area contributed by atoms with Crippen LogP contribution in [-0.4, -0.2) is 71.6 Å². The van der Waals surface area contributed by atoms with E-state index in [1.165, 1.54) is 11.6 Å². The fourth-order valence-electron chi connectivity index (χ4n) is 5.44. The zero-order chi connectivity index (χ0) is 26.4. The maximum atomic E-state index is 12.6. The van der Waals surface area contributed by atoms with Crippen LogP contribution in [0.1, 0.15) is 58.8 Å². The van der Waals surface area contributed by atoms with Crippen LogP contribution in [0.5, 0.6) is 0 Å². The summed E-state index contributed by atoms with van der Waals surface area (Å²) in [6, 6.07) is 0. The largest absolute Gasteiger partial charge is 0.452 e. The second kappa shape index (κ2) is 13.2. The number of epoxide rings is 1. The third kappa shape index (κ3) is 8.76. The van der Waals surface area contributed by atoms with Gasteiger partial charge in [-0.1, -0.05) is 55.0 Å². The van der Waals surface area contributed by atoms with Crippen molar-refractivity contribution in [3.8, 4) is 0 Å². The molecule has 0 aliphatic carbocycles. The number of rotatable bonds is 2. The smallest absolute Gasteiger partial charge is 0.331 e. The van der Waals surface area contributed by atoms with Crippen LogP contribution in [0, 0.1) is 5.92 Å². The summed E-state index contributed by atoms with van der Waals surface area (Å²) in [5.74, 6) is -0.149. The van der Waals surface area contributed by atoms with Gasteiger partial charge in [0.1, 0.15) is 12.2 Å². The van der Waals surface area contributed by atoms with Crippen LogP contribution in [0.15, 0.2) is 60.3 Å². The minimum absolute atomic E-state index is 0.0904. The zero-order valence-corrected chi connectivity index (χ0v) is 22.0. The molecule has 4 heterocycles. The predicted molar refractivity (Wildman–Crippen MR) is 141 cm³/mol. The van der Waals surface area contributed by atoms with E-state index in [1.807, 2.05) is 18.2 Å². The van der Waals surface area contributed by atoms with Gasteiger partial charge in [-0.25, -0.2) is 4.79 Å². The number of fused-ring (bicyclic) bond motifs is 3. The molecule has 0 spiro atoms. The van der Waals surface area contributed by atoms with E-state index < -0.39 is 24.3 Å². The van der Waals surface area contributed by atoms with Crippen molar-refractivity contribution in [3.63, 3.8) is 0 Å². The van der Waals surface area contributed by atoms with Gasteiger partial charge in [0.05, 0.1) is 43.2 Å². The molecule has 1 saturated heterocycles. The summed E-state index contributed by atoms with van der Waals surface area (Å²) in [4.78, 5) is 12.6. The number of aliphatic hydroxyl groups excluding tert-OH is 2. The van der Waals surface area contributed by atoms with Crippen LogP contribution in [0.25, 0.3) is 0 Å². The second-order valence-electron chi connectivity index (χ2n) is 11.0. The molecule has 0 radical (unpaired) electrons. The number of carbonyl (C=O) groups is 1. The second-order valence-corrected chi connectivity index (χ2v) is 11.0. The van der Waals surface area contributed by atoms with Crippen molar-refractivity contribution in [3.05, 3.63) is 60.3 Å². The van der Waals surface area contributed by atoms with E-state index in [0.29, 0.717) is 25.4 Å². The Kier molecular flexibility index (Phi) is 9.96. The van der Waals surface area contributed by atoms with Crippen molar-refractivity contribution in [2.75, 3.05) is 6.61 Å². The first-order valence-electron chi connectivity index (χ1n) is 13.6. The summed E-state index contributed by atoms with van der Waals surface area (Å²) in [6.45, 7) is 8.96. The summed E-state index contributed by atoms with van der Waals surface area (Å²) < 4.78 is 23.3. The molecular weight excluding hydrogens is 472 g/mol. The fraction of sp³-hybridized carbons (Fsp3) is 0.633. The number of esters is 1. The molecule has 37 heavy (non-hydrogen) atoms. The molecule has 2 bridgehead atoms. The Labute approximate surface area is 220 Å². The monoisotopic (exact) mass is 514 g/mol. The quantitative estimate of drug-likeness (QED) is 0.325. The molecule has 0 aromatic heterocycles. The van der Waals surface area contributed by atoms with E-state index in [4.69, 9.17) is 18.9 Å². The van der Waals surface area contributed by atoms with E-state index in [-0.39, 0.29) is 36.9 Å². The Balaban J connectivity index is 1.46.